The monoisotopic (exact) mass is 308 g/mol. The topological polar surface area (TPSA) is 49.9 Å². The van der Waals surface area contributed by atoms with Crippen LogP contribution in [0.5, 0.6) is 0 Å². The Morgan fingerprint density at radius 2 is 2.05 bits per heavy atom. The second kappa shape index (κ2) is 6.99. The van der Waals surface area contributed by atoms with Crippen LogP contribution in [0.15, 0.2) is 0 Å². The highest BCUT2D eigenvalue weighted by atomic mass is 16.5. The molecule has 1 aliphatic carbocycles. The number of hydrogen-bond acceptors (Lipinski definition) is 3. The zero-order valence-electron chi connectivity index (χ0n) is 13.6. The predicted molar refractivity (Wildman–Crippen MR) is 83.3 cm³/mol. The van der Waals surface area contributed by atoms with E-state index >= 15 is 0 Å². The molecule has 124 valence electrons. The minimum Gasteiger partial charge on any atom is -0.378 e. The number of nitrogens with zero attached hydrogens (tertiary/aromatic N) is 2. The molecule has 2 heterocycles. The maximum absolute atomic E-state index is 12.7. The third-order valence-corrected chi connectivity index (χ3v) is 5.04. The summed E-state index contributed by atoms with van der Waals surface area (Å²) in [6.45, 7) is 5.18. The van der Waals surface area contributed by atoms with Crippen molar-refractivity contribution in [2.45, 2.75) is 64.0 Å². The van der Waals surface area contributed by atoms with E-state index in [1.54, 1.807) is 0 Å². The van der Waals surface area contributed by atoms with Crippen molar-refractivity contribution >= 4 is 11.8 Å². The first-order valence-corrected chi connectivity index (χ1v) is 8.89. The first-order valence-electron chi connectivity index (χ1n) is 8.89. The fourth-order valence-electron chi connectivity index (χ4n) is 3.63. The Bertz CT molecular complexity index is 422. The van der Waals surface area contributed by atoms with Gasteiger partial charge in [-0.2, -0.15) is 0 Å². The molecular formula is C17H28N2O3. The number of amides is 2. The number of rotatable bonds is 5. The molecule has 3 fully saturated rings. The van der Waals surface area contributed by atoms with Gasteiger partial charge < -0.3 is 14.5 Å². The maximum Gasteiger partial charge on any atom is 0.227 e. The highest BCUT2D eigenvalue weighted by Gasteiger charge is 2.42. The molecule has 0 radical (unpaired) electrons. The Morgan fingerprint density at radius 1 is 1.23 bits per heavy atom. The molecule has 0 aromatic heterocycles. The fraction of sp³-hybridized carbons (Fsp3) is 0.882. The maximum atomic E-state index is 12.7. The zero-order valence-corrected chi connectivity index (χ0v) is 13.6. The van der Waals surface area contributed by atoms with Crippen molar-refractivity contribution in [2.24, 2.45) is 5.92 Å². The minimum atomic E-state index is -0.110. The third kappa shape index (κ3) is 3.62. The average molecular weight is 308 g/mol. The molecule has 0 bridgehead atoms. The summed E-state index contributed by atoms with van der Waals surface area (Å²) in [5.41, 5.74) is 0. The van der Waals surface area contributed by atoms with Gasteiger partial charge in [0.2, 0.25) is 11.8 Å². The summed E-state index contributed by atoms with van der Waals surface area (Å²) in [6, 6.07) is 0.432. The van der Waals surface area contributed by atoms with Gasteiger partial charge in [-0.05, 0) is 38.5 Å². The number of carbonyl (C=O) groups is 2. The number of ether oxygens (including phenoxy) is 1. The Labute approximate surface area is 133 Å². The van der Waals surface area contributed by atoms with Crippen molar-refractivity contribution in [3.05, 3.63) is 0 Å². The van der Waals surface area contributed by atoms with Crippen LogP contribution in [0.4, 0.5) is 0 Å². The van der Waals surface area contributed by atoms with Crippen molar-refractivity contribution in [3.8, 4) is 0 Å². The fourth-order valence-corrected chi connectivity index (χ4v) is 3.63. The summed E-state index contributed by atoms with van der Waals surface area (Å²) in [6.07, 6.45) is 6.97. The number of likely N-dealkylation sites (tertiary alicyclic amines) is 2. The molecule has 3 rings (SSSR count). The van der Waals surface area contributed by atoms with Crippen LogP contribution in [-0.2, 0) is 14.3 Å². The lowest BCUT2D eigenvalue weighted by molar-refractivity contribution is -0.135. The summed E-state index contributed by atoms with van der Waals surface area (Å²) < 4.78 is 5.84. The smallest absolute Gasteiger partial charge is 0.227 e. The lowest BCUT2D eigenvalue weighted by Gasteiger charge is -2.24. The summed E-state index contributed by atoms with van der Waals surface area (Å²) in [5, 5.41) is 0. The van der Waals surface area contributed by atoms with Crippen LogP contribution in [0.25, 0.3) is 0 Å². The van der Waals surface area contributed by atoms with Crippen molar-refractivity contribution in [1.29, 1.82) is 0 Å². The van der Waals surface area contributed by atoms with Gasteiger partial charge in [0.1, 0.15) is 0 Å². The van der Waals surface area contributed by atoms with E-state index in [0.717, 1.165) is 58.2 Å². The molecule has 0 N–H and O–H groups in total. The second-order valence-corrected chi connectivity index (χ2v) is 6.93. The van der Waals surface area contributed by atoms with Gasteiger partial charge in [0.15, 0.2) is 0 Å². The van der Waals surface area contributed by atoms with E-state index in [4.69, 9.17) is 4.74 Å². The molecule has 2 aliphatic heterocycles. The van der Waals surface area contributed by atoms with Crippen molar-refractivity contribution in [2.75, 3.05) is 26.2 Å². The van der Waals surface area contributed by atoms with E-state index < -0.39 is 0 Å². The van der Waals surface area contributed by atoms with E-state index in [1.807, 2.05) is 9.80 Å². The zero-order chi connectivity index (χ0) is 15.5. The summed E-state index contributed by atoms with van der Waals surface area (Å²) in [7, 11) is 0. The SMILES string of the molecule is CCCOC1CCCN(C(=O)C2CC(=O)N(C3CC3)C2)CC1. The lowest BCUT2D eigenvalue weighted by atomic mass is 10.1. The Kier molecular flexibility index (Phi) is 5.01. The van der Waals surface area contributed by atoms with E-state index in [-0.39, 0.29) is 17.7 Å². The van der Waals surface area contributed by atoms with Gasteiger partial charge in [0.05, 0.1) is 12.0 Å². The van der Waals surface area contributed by atoms with Gasteiger partial charge in [0.25, 0.3) is 0 Å². The third-order valence-electron chi connectivity index (χ3n) is 5.04. The molecule has 0 spiro atoms. The highest BCUT2D eigenvalue weighted by Crippen LogP contribution is 2.33. The van der Waals surface area contributed by atoms with Crippen LogP contribution in [0.3, 0.4) is 0 Å². The molecule has 22 heavy (non-hydrogen) atoms. The number of carbonyl (C=O) groups excluding carboxylic acids is 2. The van der Waals surface area contributed by atoms with Gasteiger partial charge in [0, 0.05) is 38.7 Å². The summed E-state index contributed by atoms with van der Waals surface area (Å²) in [4.78, 5) is 28.7. The van der Waals surface area contributed by atoms with E-state index in [1.165, 1.54) is 0 Å². The quantitative estimate of drug-likeness (QED) is 0.778. The van der Waals surface area contributed by atoms with Gasteiger partial charge in [-0.3, -0.25) is 9.59 Å². The molecule has 5 heteroatoms. The molecule has 3 aliphatic rings. The molecule has 0 aromatic carbocycles. The standard InChI is InChI=1S/C17H28N2O3/c1-2-10-22-15-4-3-8-18(9-7-15)17(21)13-11-16(20)19(12-13)14-5-6-14/h13-15H,2-12H2,1H3. The van der Waals surface area contributed by atoms with Crippen LogP contribution >= 0.6 is 0 Å². The lowest BCUT2D eigenvalue weighted by Crippen LogP contribution is -2.38. The van der Waals surface area contributed by atoms with Crippen molar-refractivity contribution < 1.29 is 14.3 Å². The van der Waals surface area contributed by atoms with Crippen LogP contribution in [0.2, 0.25) is 0 Å². The molecule has 1 saturated carbocycles. The van der Waals surface area contributed by atoms with Crippen LogP contribution < -0.4 is 0 Å². The van der Waals surface area contributed by atoms with E-state index in [9.17, 15) is 9.59 Å². The molecular weight excluding hydrogens is 280 g/mol. The molecule has 2 amide bonds. The van der Waals surface area contributed by atoms with Crippen molar-refractivity contribution in [1.82, 2.24) is 9.80 Å². The first-order chi connectivity index (χ1) is 10.7. The van der Waals surface area contributed by atoms with Gasteiger partial charge >= 0.3 is 0 Å². The van der Waals surface area contributed by atoms with Crippen LogP contribution in [-0.4, -0.2) is 60.0 Å². The van der Waals surface area contributed by atoms with Gasteiger partial charge in [-0.25, -0.2) is 0 Å². The first kappa shape index (κ1) is 15.8. The molecule has 2 saturated heterocycles. The summed E-state index contributed by atoms with van der Waals surface area (Å²) in [5.74, 6) is 0.258. The van der Waals surface area contributed by atoms with Crippen molar-refractivity contribution in [3.63, 3.8) is 0 Å². The molecule has 2 atom stereocenters. The Hall–Kier alpha value is -1.10. The minimum absolute atomic E-state index is 0.110. The predicted octanol–water partition coefficient (Wildman–Crippen LogP) is 1.80. The van der Waals surface area contributed by atoms with Crippen LogP contribution in [0.1, 0.15) is 51.9 Å². The van der Waals surface area contributed by atoms with Gasteiger partial charge in [-0.15, -0.1) is 0 Å². The normalized spacial score (nSPS) is 29.8. The summed E-state index contributed by atoms with van der Waals surface area (Å²) >= 11 is 0. The largest absolute Gasteiger partial charge is 0.378 e. The van der Waals surface area contributed by atoms with Gasteiger partial charge in [-0.1, -0.05) is 6.92 Å². The Balaban J connectivity index is 1.51. The van der Waals surface area contributed by atoms with Crippen LogP contribution in [0, 0.1) is 5.92 Å². The average Bonchev–Trinajstić information content (AvgIpc) is 3.31. The molecule has 5 nitrogen and oxygen atoms in total. The highest BCUT2D eigenvalue weighted by molar-refractivity contribution is 5.89. The number of hydrogen-bond donors (Lipinski definition) is 0. The van der Waals surface area contributed by atoms with E-state index in [2.05, 4.69) is 6.92 Å². The second-order valence-electron chi connectivity index (χ2n) is 6.93. The van der Waals surface area contributed by atoms with E-state index in [0.29, 0.717) is 25.1 Å². The Morgan fingerprint density at radius 3 is 2.77 bits per heavy atom. The molecule has 2 unspecified atom stereocenters. The molecule has 0 aromatic rings.